The van der Waals surface area contributed by atoms with E-state index in [0.717, 1.165) is 25.7 Å². The van der Waals surface area contributed by atoms with Gasteiger partial charge in [-0.3, -0.25) is 9.59 Å². The molecule has 2 amide bonds. The van der Waals surface area contributed by atoms with Crippen LogP contribution in [-0.4, -0.2) is 56.6 Å². The largest absolute Gasteiger partial charge is 0.493 e. The number of methoxy groups -OCH3 is 3. The van der Waals surface area contributed by atoms with Gasteiger partial charge in [-0.15, -0.1) is 0 Å². The summed E-state index contributed by atoms with van der Waals surface area (Å²) in [5.74, 6) is -0.610. The lowest BCUT2D eigenvalue weighted by molar-refractivity contribution is -0.129. The normalized spacial score (nSPS) is 19.6. The van der Waals surface area contributed by atoms with Gasteiger partial charge in [-0.2, -0.15) is 0 Å². The molecule has 3 rings (SSSR count). The number of hydrogen-bond donors (Lipinski definition) is 1. The molecule has 1 heterocycles. The lowest BCUT2D eigenvalue weighted by atomic mass is 10.1. The molecule has 152 valence electrons. The van der Waals surface area contributed by atoms with Gasteiger partial charge < -0.3 is 24.4 Å². The Morgan fingerprint density at radius 1 is 1.07 bits per heavy atom. The molecule has 0 spiro atoms. The minimum atomic E-state index is -0.605. The smallest absolute Gasteiger partial charge is 0.340 e. The highest BCUT2D eigenvalue weighted by Gasteiger charge is 2.39. The van der Waals surface area contributed by atoms with Crippen molar-refractivity contribution in [1.29, 1.82) is 0 Å². The van der Waals surface area contributed by atoms with E-state index in [4.69, 9.17) is 14.2 Å². The van der Waals surface area contributed by atoms with Gasteiger partial charge in [0.2, 0.25) is 11.8 Å². The average molecular weight is 390 g/mol. The van der Waals surface area contributed by atoms with Crippen LogP contribution in [-0.2, 0) is 14.3 Å². The Hall–Kier alpha value is -2.77. The molecule has 1 aliphatic carbocycles. The van der Waals surface area contributed by atoms with Gasteiger partial charge in [0.25, 0.3) is 0 Å². The lowest BCUT2D eigenvalue weighted by Crippen LogP contribution is -2.35. The first-order chi connectivity index (χ1) is 13.5. The number of esters is 1. The minimum absolute atomic E-state index is 0.0209. The van der Waals surface area contributed by atoms with Crippen molar-refractivity contribution < 1.29 is 28.6 Å². The summed E-state index contributed by atoms with van der Waals surface area (Å²) in [6.45, 7) is 0.413. The molecule has 0 radical (unpaired) electrons. The molecule has 8 heteroatoms. The first kappa shape index (κ1) is 20.0. The van der Waals surface area contributed by atoms with Crippen molar-refractivity contribution in [2.24, 2.45) is 5.92 Å². The number of rotatable bonds is 6. The highest BCUT2D eigenvalue weighted by molar-refractivity contribution is 6.04. The number of nitrogens with zero attached hydrogens (tertiary/aromatic N) is 1. The number of amides is 2. The maximum Gasteiger partial charge on any atom is 0.340 e. The molecule has 28 heavy (non-hydrogen) atoms. The molecule has 1 aromatic carbocycles. The minimum Gasteiger partial charge on any atom is -0.493 e. The van der Waals surface area contributed by atoms with Crippen LogP contribution in [0.15, 0.2) is 12.1 Å². The highest BCUT2D eigenvalue weighted by Crippen LogP contribution is 2.35. The zero-order valence-corrected chi connectivity index (χ0v) is 16.4. The number of nitrogens with one attached hydrogen (secondary N) is 1. The molecule has 2 fully saturated rings. The molecule has 0 aromatic heterocycles. The number of carbonyl (C=O) groups excluding carboxylic acids is 3. The first-order valence-corrected chi connectivity index (χ1v) is 9.43. The summed E-state index contributed by atoms with van der Waals surface area (Å²) in [5.41, 5.74) is 0.423. The van der Waals surface area contributed by atoms with Crippen molar-refractivity contribution in [2.75, 3.05) is 33.2 Å². The van der Waals surface area contributed by atoms with Crippen LogP contribution in [0.25, 0.3) is 0 Å². The van der Waals surface area contributed by atoms with Crippen LogP contribution in [0.5, 0.6) is 11.5 Å². The Balaban J connectivity index is 1.79. The van der Waals surface area contributed by atoms with Crippen LogP contribution in [0.2, 0.25) is 0 Å². The van der Waals surface area contributed by atoms with Crippen LogP contribution < -0.4 is 14.8 Å². The molecular formula is C20H26N2O6. The van der Waals surface area contributed by atoms with Crippen molar-refractivity contribution in [3.63, 3.8) is 0 Å². The molecule has 1 aromatic rings. The molecule has 1 aliphatic heterocycles. The number of hydrogen-bond acceptors (Lipinski definition) is 6. The van der Waals surface area contributed by atoms with Gasteiger partial charge in [-0.25, -0.2) is 4.79 Å². The van der Waals surface area contributed by atoms with E-state index in [1.807, 2.05) is 4.90 Å². The van der Waals surface area contributed by atoms with Gasteiger partial charge in [0.15, 0.2) is 11.5 Å². The van der Waals surface area contributed by atoms with Crippen molar-refractivity contribution in [2.45, 2.75) is 38.1 Å². The Morgan fingerprint density at radius 2 is 1.71 bits per heavy atom. The van der Waals surface area contributed by atoms with Gasteiger partial charge in [0.1, 0.15) is 0 Å². The molecule has 1 saturated heterocycles. The summed E-state index contributed by atoms with van der Waals surface area (Å²) in [5, 5.41) is 2.77. The monoisotopic (exact) mass is 390 g/mol. The molecule has 0 unspecified atom stereocenters. The van der Waals surface area contributed by atoms with Crippen LogP contribution in [0.1, 0.15) is 42.5 Å². The van der Waals surface area contributed by atoms with Crippen LogP contribution in [0.4, 0.5) is 5.69 Å². The number of anilines is 1. The molecule has 0 bridgehead atoms. The van der Waals surface area contributed by atoms with E-state index in [-0.39, 0.29) is 35.5 Å². The SMILES string of the molecule is COC(=O)c1cc(OC)c(OC)cc1NC(=O)[C@H]1CC(=O)N(C2CCCC2)C1. The van der Waals surface area contributed by atoms with Crippen LogP contribution >= 0.6 is 0 Å². The molecule has 2 aliphatic rings. The van der Waals surface area contributed by atoms with Crippen molar-refractivity contribution in [1.82, 2.24) is 4.90 Å². The van der Waals surface area contributed by atoms with E-state index < -0.39 is 11.9 Å². The number of likely N-dealkylation sites (tertiary alicyclic amines) is 1. The third-order valence-corrected chi connectivity index (χ3v) is 5.48. The molecule has 1 atom stereocenters. The van der Waals surface area contributed by atoms with Crippen LogP contribution in [0, 0.1) is 5.92 Å². The zero-order chi connectivity index (χ0) is 20.3. The summed E-state index contributed by atoms with van der Waals surface area (Å²) in [4.78, 5) is 39.2. The Morgan fingerprint density at radius 3 is 2.32 bits per heavy atom. The fraction of sp³-hybridized carbons (Fsp3) is 0.550. The second kappa shape index (κ2) is 8.50. The van der Waals surface area contributed by atoms with E-state index in [9.17, 15) is 14.4 Å². The Labute approximate surface area is 164 Å². The fourth-order valence-corrected chi connectivity index (χ4v) is 3.97. The van der Waals surface area contributed by atoms with E-state index in [2.05, 4.69) is 5.32 Å². The van der Waals surface area contributed by atoms with E-state index in [1.165, 1.54) is 33.5 Å². The summed E-state index contributed by atoms with van der Waals surface area (Å²) in [6, 6.07) is 3.23. The van der Waals surface area contributed by atoms with Gasteiger partial charge in [-0.1, -0.05) is 12.8 Å². The van der Waals surface area contributed by atoms with Gasteiger partial charge in [0.05, 0.1) is 38.5 Å². The predicted molar refractivity (Wildman–Crippen MR) is 102 cm³/mol. The Bertz CT molecular complexity index is 772. The zero-order valence-electron chi connectivity index (χ0n) is 16.4. The van der Waals surface area contributed by atoms with Gasteiger partial charge >= 0.3 is 5.97 Å². The third kappa shape index (κ3) is 3.90. The van der Waals surface area contributed by atoms with E-state index >= 15 is 0 Å². The number of ether oxygens (including phenoxy) is 3. The van der Waals surface area contributed by atoms with Gasteiger partial charge in [-0.05, 0) is 12.8 Å². The number of benzene rings is 1. The van der Waals surface area contributed by atoms with Gasteiger partial charge in [0, 0.05) is 31.1 Å². The van der Waals surface area contributed by atoms with Crippen molar-refractivity contribution >= 4 is 23.5 Å². The summed E-state index contributed by atoms with van der Waals surface area (Å²) < 4.78 is 15.3. The average Bonchev–Trinajstić information content (AvgIpc) is 3.36. The quantitative estimate of drug-likeness (QED) is 0.749. The predicted octanol–water partition coefficient (Wildman–Crippen LogP) is 2.22. The second-order valence-corrected chi connectivity index (χ2v) is 7.12. The first-order valence-electron chi connectivity index (χ1n) is 9.43. The standard InChI is InChI=1S/C20H26N2O6/c1-26-16-9-14(20(25)28-3)15(10-17(16)27-2)21-19(24)12-8-18(23)22(11-12)13-6-4-5-7-13/h9-10,12-13H,4-8,11H2,1-3H3,(H,21,24)/t12-/m0/s1. The highest BCUT2D eigenvalue weighted by atomic mass is 16.5. The maximum absolute atomic E-state index is 12.8. The molecule has 1 saturated carbocycles. The third-order valence-electron chi connectivity index (χ3n) is 5.48. The summed E-state index contributed by atoms with van der Waals surface area (Å²) in [6.07, 6.45) is 4.44. The van der Waals surface area contributed by atoms with E-state index in [0.29, 0.717) is 18.0 Å². The second-order valence-electron chi connectivity index (χ2n) is 7.12. The molecule has 8 nitrogen and oxygen atoms in total. The van der Waals surface area contributed by atoms with E-state index in [1.54, 1.807) is 0 Å². The molecular weight excluding hydrogens is 364 g/mol. The molecule has 1 N–H and O–H groups in total. The topological polar surface area (TPSA) is 94.2 Å². The maximum atomic E-state index is 12.8. The van der Waals surface area contributed by atoms with Crippen molar-refractivity contribution in [3.05, 3.63) is 17.7 Å². The summed E-state index contributed by atoms with van der Waals surface area (Å²) >= 11 is 0. The number of carbonyl (C=O) groups is 3. The lowest BCUT2D eigenvalue weighted by Gasteiger charge is -2.24. The van der Waals surface area contributed by atoms with Crippen molar-refractivity contribution in [3.8, 4) is 11.5 Å². The fourth-order valence-electron chi connectivity index (χ4n) is 3.97. The Kier molecular flexibility index (Phi) is 6.06. The summed E-state index contributed by atoms with van der Waals surface area (Å²) in [7, 11) is 4.19. The van der Waals surface area contributed by atoms with Crippen LogP contribution in [0.3, 0.4) is 0 Å².